The van der Waals surface area contributed by atoms with E-state index in [2.05, 4.69) is 5.10 Å². The van der Waals surface area contributed by atoms with Gasteiger partial charge in [-0.2, -0.15) is 5.10 Å². The Labute approximate surface area is 89.5 Å². The molecule has 84 valence electrons. The Hall–Kier alpha value is -1.17. The molecule has 0 aliphatic carbocycles. The second kappa shape index (κ2) is 4.57. The summed E-state index contributed by atoms with van der Waals surface area (Å²) < 4.78 is 25.9. The van der Waals surface area contributed by atoms with Crippen molar-refractivity contribution in [1.29, 1.82) is 0 Å². The van der Waals surface area contributed by atoms with Gasteiger partial charge >= 0.3 is 5.97 Å². The van der Waals surface area contributed by atoms with Crippen LogP contribution in [0, 0.1) is 5.92 Å². The first kappa shape index (κ1) is 11.9. The van der Waals surface area contributed by atoms with E-state index in [-0.39, 0.29) is 11.6 Å². The van der Waals surface area contributed by atoms with E-state index in [0.717, 1.165) is 10.9 Å². The molecule has 0 aromatic carbocycles. The van der Waals surface area contributed by atoms with Crippen molar-refractivity contribution in [2.45, 2.75) is 19.9 Å². The van der Waals surface area contributed by atoms with Crippen LogP contribution < -0.4 is 0 Å². The molecule has 1 aromatic rings. The van der Waals surface area contributed by atoms with Crippen molar-refractivity contribution in [3.05, 3.63) is 16.9 Å². The number of rotatable bonds is 4. The lowest BCUT2D eigenvalue weighted by Gasteiger charge is -2.09. The van der Waals surface area contributed by atoms with Gasteiger partial charge in [-0.3, -0.25) is 9.48 Å². The van der Waals surface area contributed by atoms with Gasteiger partial charge in [0.05, 0.1) is 23.7 Å². The normalized spacial score (nSPS) is 13.1. The van der Waals surface area contributed by atoms with Crippen LogP contribution in [0.1, 0.15) is 19.0 Å². The molecule has 1 heterocycles. The molecule has 0 amide bonds. The van der Waals surface area contributed by atoms with Crippen LogP contribution in [-0.4, -0.2) is 20.9 Å². The second-order valence-corrected chi connectivity index (χ2v) is 3.51. The number of halogens is 3. The Morgan fingerprint density at radius 1 is 1.73 bits per heavy atom. The highest BCUT2D eigenvalue weighted by atomic mass is 35.5. The van der Waals surface area contributed by atoms with E-state index in [1.165, 1.54) is 6.92 Å². The van der Waals surface area contributed by atoms with Gasteiger partial charge in [0, 0.05) is 0 Å². The summed E-state index contributed by atoms with van der Waals surface area (Å²) in [6.07, 6.45) is -1.68. The molecule has 1 aromatic heterocycles. The lowest BCUT2D eigenvalue weighted by Crippen LogP contribution is -2.19. The van der Waals surface area contributed by atoms with Gasteiger partial charge in [-0.05, 0) is 0 Å². The van der Waals surface area contributed by atoms with Crippen molar-refractivity contribution in [1.82, 2.24) is 9.78 Å². The third kappa shape index (κ3) is 2.65. The van der Waals surface area contributed by atoms with Crippen LogP contribution in [-0.2, 0) is 11.3 Å². The Morgan fingerprint density at radius 3 is 2.80 bits per heavy atom. The molecule has 1 unspecified atom stereocenters. The molecular weight excluding hydrogens is 230 g/mol. The topological polar surface area (TPSA) is 55.1 Å². The van der Waals surface area contributed by atoms with Crippen LogP contribution in [0.4, 0.5) is 8.78 Å². The molecule has 1 atom stereocenters. The van der Waals surface area contributed by atoms with Crippen molar-refractivity contribution in [3.8, 4) is 0 Å². The summed E-state index contributed by atoms with van der Waals surface area (Å²) in [6.45, 7) is 1.29. The molecule has 7 heteroatoms. The minimum atomic E-state index is -2.76. The average Bonchev–Trinajstić information content (AvgIpc) is 2.46. The van der Waals surface area contributed by atoms with Crippen LogP contribution >= 0.6 is 11.6 Å². The monoisotopic (exact) mass is 238 g/mol. The molecular formula is C8H9ClF2N2O2. The zero-order chi connectivity index (χ0) is 11.6. The van der Waals surface area contributed by atoms with E-state index in [1.807, 2.05) is 0 Å². The average molecular weight is 239 g/mol. The zero-order valence-corrected chi connectivity index (χ0v) is 8.58. The van der Waals surface area contributed by atoms with Crippen LogP contribution in [0.25, 0.3) is 0 Å². The van der Waals surface area contributed by atoms with E-state index >= 15 is 0 Å². The molecule has 0 spiro atoms. The van der Waals surface area contributed by atoms with Gasteiger partial charge in [0.25, 0.3) is 6.43 Å². The molecule has 4 nitrogen and oxygen atoms in total. The van der Waals surface area contributed by atoms with Gasteiger partial charge in [0.1, 0.15) is 5.69 Å². The second-order valence-electron chi connectivity index (χ2n) is 3.10. The maximum absolute atomic E-state index is 12.5. The van der Waals surface area contributed by atoms with E-state index in [1.54, 1.807) is 0 Å². The number of aliphatic carboxylic acids is 1. The highest BCUT2D eigenvalue weighted by Gasteiger charge is 2.21. The minimum absolute atomic E-state index is 0.123. The highest BCUT2D eigenvalue weighted by molar-refractivity contribution is 6.31. The molecule has 15 heavy (non-hydrogen) atoms. The summed E-state index contributed by atoms with van der Waals surface area (Å²) in [5.74, 6) is -1.86. The van der Waals surface area contributed by atoms with Crippen molar-refractivity contribution >= 4 is 17.6 Å². The first-order valence-corrected chi connectivity index (χ1v) is 4.53. The van der Waals surface area contributed by atoms with Gasteiger partial charge in [-0.15, -0.1) is 0 Å². The third-order valence-corrected chi connectivity index (χ3v) is 2.20. The summed E-state index contributed by atoms with van der Waals surface area (Å²) in [5, 5.41) is 12.1. The van der Waals surface area contributed by atoms with E-state index in [4.69, 9.17) is 16.7 Å². The summed E-state index contributed by atoms with van der Waals surface area (Å²) >= 11 is 5.49. The summed E-state index contributed by atoms with van der Waals surface area (Å²) in [4.78, 5) is 10.5. The van der Waals surface area contributed by atoms with Crippen molar-refractivity contribution in [3.63, 3.8) is 0 Å². The maximum Gasteiger partial charge on any atom is 0.308 e. The molecule has 1 rings (SSSR count). The largest absolute Gasteiger partial charge is 0.481 e. The zero-order valence-electron chi connectivity index (χ0n) is 7.82. The highest BCUT2D eigenvalue weighted by Crippen LogP contribution is 2.26. The van der Waals surface area contributed by atoms with E-state index in [0.29, 0.717) is 0 Å². The molecule has 0 saturated heterocycles. The fourth-order valence-electron chi connectivity index (χ4n) is 1.07. The molecule has 0 aliphatic heterocycles. The number of alkyl halides is 2. The predicted molar refractivity (Wildman–Crippen MR) is 49.0 cm³/mol. The molecule has 0 fully saturated rings. The maximum atomic E-state index is 12.5. The number of hydrogen-bond acceptors (Lipinski definition) is 2. The number of carboxylic acid groups (broad SMARTS) is 1. The van der Waals surface area contributed by atoms with Crippen LogP contribution in [0.3, 0.4) is 0 Å². The fourth-order valence-corrected chi connectivity index (χ4v) is 1.30. The first-order chi connectivity index (χ1) is 6.93. The minimum Gasteiger partial charge on any atom is -0.481 e. The summed E-state index contributed by atoms with van der Waals surface area (Å²) in [6, 6.07) is 0. The van der Waals surface area contributed by atoms with Crippen molar-refractivity contribution in [2.75, 3.05) is 0 Å². The summed E-state index contributed by atoms with van der Waals surface area (Å²) in [5.41, 5.74) is -0.440. The Morgan fingerprint density at radius 2 is 2.33 bits per heavy atom. The van der Waals surface area contributed by atoms with Gasteiger partial charge < -0.3 is 5.11 Å². The van der Waals surface area contributed by atoms with Gasteiger partial charge in [0.2, 0.25) is 0 Å². The molecule has 0 radical (unpaired) electrons. The number of carboxylic acids is 1. The Balaban J connectivity index is 2.90. The molecule has 0 bridgehead atoms. The number of hydrogen-bond donors (Lipinski definition) is 1. The lowest BCUT2D eigenvalue weighted by molar-refractivity contribution is -0.141. The van der Waals surface area contributed by atoms with Crippen LogP contribution in [0.15, 0.2) is 6.20 Å². The first-order valence-electron chi connectivity index (χ1n) is 4.15. The van der Waals surface area contributed by atoms with E-state index < -0.39 is 24.0 Å². The Kier molecular flexibility index (Phi) is 3.62. The SMILES string of the molecule is CC(Cn1ncc(Cl)c1C(F)F)C(=O)O. The molecule has 0 aliphatic rings. The number of carbonyl (C=O) groups is 1. The van der Waals surface area contributed by atoms with Crippen molar-refractivity contribution < 1.29 is 18.7 Å². The van der Waals surface area contributed by atoms with Crippen molar-refractivity contribution in [2.24, 2.45) is 5.92 Å². The quantitative estimate of drug-likeness (QED) is 0.875. The predicted octanol–water partition coefficient (Wildman–Crippen LogP) is 2.19. The fraction of sp³-hybridized carbons (Fsp3) is 0.500. The number of nitrogens with zero attached hydrogens (tertiary/aromatic N) is 2. The third-order valence-electron chi connectivity index (χ3n) is 1.91. The van der Waals surface area contributed by atoms with Gasteiger partial charge in [-0.1, -0.05) is 18.5 Å². The van der Waals surface area contributed by atoms with Crippen LogP contribution in [0.5, 0.6) is 0 Å². The van der Waals surface area contributed by atoms with Crippen LogP contribution in [0.2, 0.25) is 5.02 Å². The summed E-state index contributed by atoms with van der Waals surface area (Å²) in [7, 11) is 0. The van der Waals surface area contributed by atoms with Gasteiger partial charge in [0.15, 0.2) is 0 Å². The Bertz CT molecular complexity index is 368. The molecule has 1 N–H and O–H groups in total. The smallest absolute Gasteiger partial charge is 0.308 e. The molecule has 0 saturated carbocycles. The van der Waals surface area contributed by atoms with E-state index in [9.17, 15) is 13.6 Å². The lowest BCUT2D eigenvalue weighted by atomic mass is 10.2. The number of aromatic nitrogens is 2. The van der Waals surface area contributed by atoms with Gasteiger partial charge in [-0.25, -0.2) is 8.78 Å². The standard InChI is InChI=1S/C8H9ClF2N2O2/c1-4(8(14)15)3-13-6(7(10)11)5(9)2-12-13/h2,4,7H,3H2,1H3,(H,14,15).